The summed E-state index contributed by atoms with van der Waals surface area (Å²) < 4.78 is 0. The molecular weight excluding hydrogens is 452 g/mol. The van der Waals surface area contributed by atoms with E-state index in [9.17, 15) is 19.2 Å². The molecule has 0 fully saturated rings. The number of carbonyl (C=O) groups excluding carboxylic acids is 4. The van der Waals surface area contributed by atoms with E-state index in [4.69, 9.17) is 0 Å². The lowest BCUT2D eigenvalue weighted by molar-refractivity contribution is -0.122. The Morgan fingerprint density at radius 3 is 1.37 bits per heavy atom. The molecule has 204 valence electrons. The van der Waals surface area contributed by atoms with Crippen molar-refractivity contribution >= 4 is 23.6 Å². The molecule has 0 aliphatic heterocycles. The van der Waals surface area contributed by atoms with Crippen LogP contribution in [0.1, 0.15) is 32.6 Å². The molecule has 12 nitrogen and oxygen atoms in total. The van der Waals surface area contributed by atoms with Crippen molar-refractivity contribution in [2.24, 2.45) is 0 Å². The van der Waals surface area contributed by atoms with Crippen LogP contribution in [0, 0.1) is 0 Å². The van der Waals surface area contributed by atoms with E-state index in [1.165, 1.54) is 0 Å². The van der Waals surface area contributed by atoms with Crippen LogP contribution in [0.5, 0.6) is 0 Å². The standard InChI is InChI=1S/C23H48N8O4/c1-5-29-23(35)6-10-27-11-12-28-13-17-31(16-9-22(34)26-4)19-18-30(14-7-20(32)24-2)15-8-21(33)25-3/h27-28H,5-19H2,1-4H3,(H,24,32)(H,25,33)(H,26,34)(H,29,35). The second-order valence-electron chi connectivity index (χ2n) is 8.16. The van der Waals surface area contributed by atoms with E-state index in [1.54, 1.807) is 21.1 Å². The van der Waals surface area contributed by atoms with Gasteiger partial charge in [0.15, 0.2) is 0 Å². The summed E-state index contributed by atoms with van der Waals surface area (Å²) in [7, 11) is 4.86. The van der Waals surface area contributed by atoms with E-state index in [2.05, 4.69) is 41.7 Å². The van der Waals surface area contributed by atoms with Gasteiger partial charge in [0.05, 0.1) is 0 Å². The van der Waals surface area contributed by atoms with Crippen LogP contribution >= 0.6 is 0 Å². The van der Waals surface area contributed by atoms with E-state index < -0.39 is 0 Å². The number of nitrogens with zero attached hydrogens (tertiary/aromatic N) is 2. The molecule has 0 saturated carbocycles. The van der Waals surface area contributed by atoms with E-state index in [1.807, 2.05) is 6.92 Å². The van der Waals surface area contributed by atoms with Gasteiger partial charge in [-0.3, -0.25) is 19.2 Å². The second-order valence-corrected chi connectivity index (χ2v) is 8.16. The van der Waals surface area contributed by atoms with Crippen LogP contribution in [-0.2, 0) is 19.2 Å². The Kier molecular flexibility index (Phi) is 20.8. The lowest BCUT2D eigenvalue weighted by Crippen LogP contribution is -2.42. The number of hydrogen-bond acceptors (Lipinski definition) is 8. The highest BCUT2D eigenvalue weighted by atomic mass is 16.2. The van der Waals surface area contributed by atoms with Crippen molar-refractivity contribution in [3.05, 3.63) is 0 Å². The Bertz CT molecular complexity index is 586. The smallest absolute Gasteiger partial charge is 0.221 e. The molecule has 35 heavy (non-hydrogen) atoms. The molecule has 0 aliphatic carbocycles. The third kappa shape index (κ3) is 19.7. The largest absolute Gasteiger partial charge is 0.359 e. The zero-order valence-electron chi connectivity index (χ0n) is 22.1. The highest BCUT2D eigenvalue weighted by Gasteiger charge is 2.13. The summed E-state index contributed by atoms with van der Waals surface area (Å²) in [6, 6.07) is 0. The molecule has 6 N–H and O–H groups in total. The molecule has 0 heterocycles. The number of rotatable bonds is 22. The molecule has 12 heteroatoms. The minimum atomic E-state index is -0.0322. The van der Waals surface area contributed by atoms with E-state index >= 15 is 0 Å². The minimum Gasteiger partial charge on any atom is -0.359 e. The quantitative estimate of drug-likeness (QED) is 0.0911. The van der Waals surface area contributed by atoms with Crippen molar-refractivity contribution in [3.8, 4) is 0 Å². The molecule has 4 amide bonds. The van der Waals surface area contributed by atoms with Crippen LogP contribution in [0.3, 0.4) is 0 Å². The summed E-state index contributed by atoms with van der Waals surface area (Å²) in [5.41, 5.74) is 0. The van der Waals surface area contributed by atoms with Gasteiger partial charge in [-0.1, -0.05) is 0 Å². The number of hydrogen-bond donors (Lipinski definition) is 6. The average Bonchev–Trinajstić information content (AvgIpc) is 2.86. The third-order valence-corrected chi connectivity index (χ3v) is 5.52. The van der Waals surface area contributed by atoms with Crippen molar-refractivity contribution < 1.29 is 19.2 Å². The lowest BCUT2D eigenvalue weighted by Gasteiger charge is -2.27. The predicted octanol–water partition coefficient (Wildman–Crippen LogP) is -2.30. The SMILES string of the molecule is CCNC(=O)CCNCCNCCN(CCC(=O)NC)CCN(CCC(=O)NC)CCC(=O)NC. The maximum Gasteiger partial charge on any atom is 0.221 e. The van der Waals surface area contributed by atoms with Crippen molar-refractivity contribution in [1.29, 1.82) is 0 Å². The first-order valence-corrected chi connectivity index (χ1v) is 12.6. The predicted molar refractivity (Wildman–Crippen MR) is 138 cm³/mol. The first kappa shape index (κ1) is 32.7. The van der Waals surface area contributed by atoms with Crippen LogP contribution in [0.2, 0.25) is 0 Å². The van der Waals surface area contributed by atoms with Crippen LogP contribution in [0.25, 0.3) is 0 Å². The van der Waals surface area contributed by atoms with Gasteiger partial charge in [0.25, 0.3) is 0 Å². The molecule has 0 saturated heterocycles. The van der Waals surface area contributed by atoms with Gasteiger partial charge in [-0.25, -0.2) is 0 Å². The van der Waals surface area contributed by atoms with Crippen molar-refractivity contribution in [2.45, 2.75) is 32.6 Å². The molecule has 0 aromatic rings. The monoisotopic (exact) mass is 500 g/mol. The fourth-order valence-corrected chi connectivity index (χ4v) is 3.26. The van der Waals surface area contributed by atoms with Gasteiger partial charge in [0.2, 0.25) is 23.6 Å². The van der Waals surface area contributed by atoms with Gasteiger partial charge < -0.3 is 41.7 Å². The first-order valence-electron chi connectivity index (χ1n) is 12.6. The Balaban J connectivity index is 4.51. The molecule has 0 bridgehead atoms. The lowest BCUT2D eigenvalue weighted by atomic mass is 10.3. The maximum atomic E-state index is 11.8. The average molecular weight is 501 g/mol. The molecule has 0 aliphatic rings. The molecule has 0 spiro atoms. The Labute approximate surface area is 210 Å². The summed E-state index contributed by atoms with van der Waals surface area (Å²) in [5.74, 6) is -0.0137. The Morgan fingerprint density at radius 2 is 0.943 bits per heavy atom. The normalized spacial score (nSPS) is 10.9. The van der Waals surface area contributed by atoms with Gasteiger partial charge in [-0.15, -0.1) is 0 Å². The molecule has 0 aromatic carbocycles. The summed E-state index contributed by atoms with van der Waals surface area (Å²) in [5, 5.41) is 17.3. The zero-order valence-corrected chi connectivity index (χ0v) is 22.1. The zero-order chi connectivity index (χ0) is 26.3. The highest BCUT2D eigenvalue weighted by Crippen LogP contribution is 1.99. The molecule has 0 radical (unpaired) electrons. The minimum absolute atomic E-state index is 0.00430. The Morgan fingerprint density at radius 1 is 0.514 bits per heavy atom. The summed E-state index contributed by atoms with van der Waals surface area (Å²) in [4.78, 5) is 50.9. The fraction of sp³-hybridized carbons (Fsp3) is 0.826. The van der Waals surface area contributed by atoms with Crippen LogP contribution in [0.15, 0.2) is 0 Å². The molecule has 0 aromatic heterocycles. The molecule has 0 unspecified atom stereocenters. The molecule has 0 rings (SSSR count). The number of carbonyl (C=O) groups is 4. The van der Waals surface area contributed by atoms with E-state index in [0.29, 0.717) is 65.0 Å². The van der Waals surface area contributed by atoms with Crippen molar-refractivity contribution in [1.82, 2.24) is 41.7 Å². The van der Waals surface area contributed by atoms with Gasteiger partial charge in [-0.2, -0.15) is 0 Å². The second kappa shape index (κ2) is 22.2. The highest BCUT2D eigenvalue weighted by molar-refractivity contribution is 5.76. The van der Waals surface area contributed by atoms with Crippen molar-refractivity contribution in [3.63, 3.8) is 0 Å². The maximum absolute atomic E-state index is 11.8. The third-order valence-electron chi connectivity index (χ3n) is 5.52. The van der Waals surface area contributed by atoms with Crippen molar-refractivity contribution in [2.75, 3.05) is 93.1 Å². The molecule has 0 atom stereocenters. The number of amides is 4. The van der Waals surface area contributed by atoms with Gasteiger partial charge in [0, 0.05) is 119 Å². The van der Waals surface area contributed by atoms with Crippen LogP contribution < -0.4 is 31.9 Å². The Hall–Kier alpha value is -2.28. The first-order chi connectivity index (χ1) is 16.9. The van der Waals surface area contributed by atoms with Crippen LogP contribution in [-0.4, -0.2) is 127 Å². The molecular formula is C23H48N8O4. The summed E-state index contributed by atoms with van der Waals surface area (Å²) in [6.07, 6.45) is 1.63. The topological polar surface area (TPSA) is 147 Å². The van der Waals surface area contributed by atoms with Gasteiger partial charge >= 0.3 is 0 Å². The summed E-state index contributed by atoms with van der Waals surface area (Å²) in [6.45, 7) is 9.48. The van der Waals surface area contributed by atoms with E-state index in [0.717, 1.165) is 32.7 Å². The number of nitrogens with one attached hydrogen (secondary N) is 6. The van der Waals surface area contributed by atoms with E-state index in [-0.39, 0.29) is 23.6 Å². The fourth-order valence-electron chi connectivity index (χ4n) is 3.26. The van der Waals surface area contributed by atoms with Crippen LogP contribution in [0.4, 0.5) is 0 Å². The summed E-state index contributed by atoms with van der Waals surface area (Å²) >= 11 is 0. The van der Waals surface area contributed by atoms with Gasteiger partial charge in [-0.05, 0) is 6.92 Å². The van der Waals surface area contributed by atoms with Gasteiger partial charge in [0.1, 0.15) is 0 Å².